The van der Waals surface area contributed by atoms with Crippen molar-refractivity contribution in [2.45, 2.75) is 31.8 Å². The molecular formula is C12H16BrClN2O. The second kappa shape index (κ2) is 6.03. The Bertz CT molecular complexity index is 389. The van der Waals surface area contributed by atoms with Crippen molar-refractivity contribution in [3.05, 3.63) is 21.8 Å². The van der Waals surface area contributed by atoms with Gasteiger partial charge >= 0.3 is 0 Å². The van der Waals surface area contributed by atoms with E-state index in [0.717, 1.165) is 17.3 Å². The topological polar surface area (TPSA) is 48.1 Å². The Morgan fingerprint density at radius 2 is 2.24 bits per heavy atom. The first-order valence-electron chi connectivity index (χ1n) is 5.88. The highest BCUT2D eigenvalue weighted by Gasteiger charge is 2.26. The molecule has 0 aromatic carbocycles. The lowest BCUT2D eigenvalue weighted by Gasteiger charge is -2.30. The van der Waals surface area contributed by atoms with Crippen LogP contribution >= 0.6 is 27.5 Å². The Balaban J connectivity index is 2.08. The van der Waals surface area contributed by atoms with Crippen LogP contribution in [-0.4, -0.2) is 17.6 Å². The second-order valence-corrected chi connectivity index (χ2v) is 5.67. The molecule has 0 aliphatic heterocycles. The van der Waals surface area contributed by atoms with Gasteiger partial charge in [0.2, 0.25) is 5.88 Å². The largest absolute Gasteiger partial charge is 0.473 e. The highest BCUT2D eigenvalue weighted by molar-refractivity contribution is 9.10. The monoisotopic (exact) mass is 318 g/mol. The summed E-state index contributed by atoms with van der Waals surface area (Å²) in [6.45, 7) is 0.676. The molecule has 1 aromatic heterocycles. The molecule has 5 heteroatoms. The van der Waals surface area contributed by atoms with Gasteiger partial charge in [-0.3, -0.25) is 0 Å². The Morgan fingerprint density at radius 1 is 1.47 bits per heavy atom. The van der Waals surface area contributed by atoms with E-state index in [2.05, 4.69) is 20.9 Å². The number of halogens is 2. The molecule has 2 rings (SSSR count). The zero-order valence-electron chi connectivity index (χ0n) is 9.53. The minimum atomic E-state index is 0.179. The van der Waals surface area contributed by atoms with E-state index in [1.54, 1.807) is 12.3 Å². The lowest BCUT2D eigenvalue weighted by Crippen LogP contribution is -2.35. The van der Waals surface area contributed by atoms with Crippen molar-refractivity contribution in [2.24, 2.45) is 11.7 Å². The zero-order valence-corrected chi connectivity index (χ0v) is 11.9. The van der Waals surface area contributed by atoms with Crippen LogP contribution in [0.25, 0.3) is 0 Å². The Hall–Kier alpha value is -0.320. The minimum absolute atomic E-state index is 0.179. The first kappa shape index (κ1) is 13.1. The summed E-state index contributed by atoms with van der Waals surface area (Å²) in [7, 11) is 0. The van der Waals surface area contributed by atoms with Gasteiger partial charge < -0.3 is 10.5 Å². The van der Waals surface area contributed by atoms with E-state index in [0.29, 0.717) is 23.4 Å². The second-order valence-electron chi connectivity index (χ2n) is 4.38. The van der Waals surface area contributed by atoms with Crippen LogP contribution in [0.4, 0.5) is 0 Å². The molecule has 94 valence electrons. The highest BCUT2D eigenvalue weighted by Crippen LogP contribution is 2.31. The summed E-state index contributed by atoms with van der Waals surface area (Å²) in [4.78, 5) is 4.20. The molecule has 1 heterocycles. The van der Waals surface area contributed by atoms with E-state index < -0.39 is 0 Å². The number of nitrogens with two attached hydrogens (primary N) is 1. The van der Waals surface area contributed by atoms with Gasteiger partial charge in [-0.05, 0) is 47.8 Å². The van der Waals surface area contributed by atoms with Gasteiger partial charge in [0.05, 0.1) is 9.50 Å². The van der Waals surface area contributed by atoms with Crippen molar-refractivity contribution >= 4 is 27.5 Å². The van der Waals surface area contributed by atoms with Crippen molar-refractivity contribution in [3.8, 4) is 5.88 Å². The first-order valence-corrected chi connectivity index (χ1v) is 7.05. The van der Waals surface area contributed by atoms with Crippen LogP contribution in [0.1, 0.15) is 25.7 Å². The van der Waals surface area contributed by atoms with E-state index in [1.807, 2.05) is 0 Å². The summed E-state index contributed by atoms with van der Waals surface area (Å²) in [5.41, 5.74) is 5.78. The summed E-state index contributed by atoms with van der Waals surface area (Å²) < 4.78 is 6.75. The van der Waals surface area contributed by atoms with Crippen LogP contribution in [-0.2, 0) is 0 Å². The summed E-state index contributed by atoms with van der Waals surface area (Å²) in [6.07, 6.45) is 6.43. The molecule has 1 saturated carbocycles. The average Bonchev–Trinajstić information content (AvgIpc) is 2.33. The molecule has 1 aromatic rings. The van der Waals surface area contributed by atoms with E-state index in [4.69, 9.17) is 22.1 Å². The molecule has 1 fully saturated rings. The van der Waals surface area contributed by atoms with E-state index in [1.165, 1.54) is 12.8 Å². The standard InChI is InChI=1S/C12H16BrClN2O/c13-10-5-9(14)7-16-12(10)17-11-4-2-1-3-8(11)6-15/h5,7-8,11H,1-4,6,15H2. The maximum atomic E-state index is 5.95. The van der Waals surface area contributed by atoms with Crippen molar-refractivity contribution in [2.75, 3.05) is 6.54 Å². The van der Waals surface area contributed by atoms with Gasteiger partial charge in [0.1, 0.15) is 6.10 Å². The van der Waals surface area contributed by atoms with Crippen molar-refractivity contribution in [3.63, 3.8) is 0 Å². The molecule has 3 nitrogen and oxygen atoms in total. The maximum absolute atomic E-state index is 5.95. The third kappa shape index (κ3) is 3.33. The zero-order chi connectivity index (χ0) is 12.3. The first-order chi connectivity index (χ1) is 8.20. The molecule has 0 bridgehead atoms. The quantitative estimate of drug-likeness (QED) is 0.929. The fourth-order valence-corrected chi connectivity index (χ4v) is 2.96. The third-order valence-corrected chi connectivity index (χ3v) is 3.95. The van der Waals surface area contributed by atoms with Crippen LogP contribution in [0, 0.1) is 5.92 Å². The normalized spacial score (nSPS) is 24.6. The number of ether oxygens (including phenoxy) is 1. The fraction of sp³-hybridized carbons (Fsp3) is 0.583. The van der Waals surface area contributed by atoms with Gasteiger partial charge in [-0.1, -0.05) is 18.0 Å². The average molecular weight is 320 g/mol. The number of pyridine rings is 1. The van der Waals surface area contributed by atoms with Crippen molar-refractivity contribution in [1.29, 1.82) is 0 Å². The van der Waals surface area contributed by atoms with Gasteiger partial charge in [-0.15, -0.1) is 0 Å². The fourth-order valence-electron chi connectivity index (χ4n) is 2.23. The van der Waals surface area contributed by atoms with E-state index in [-0.39, 0.29) is 6.10 Å². The molecule has 0 spiro atoms. The van der Waals surface area contributed by atoms with E-state index in [9.17, 15) is 0 Å². The number of rotatable bonds is 3. The number of aromatic nitrogens is 1. The molecule has 1 aliphatic carbocycles. The Kier molecular flexibility index (Phi) is 4.65. The van der Waals surface area contributed by atoms with Gasteiger partial charge in [0.25, 0.3) is 0 Å². The van der Waals surface area contributed by atoms with Crippen LogP contribution in [0.5, 0.6) is 5.88 Å². The molecule has 0 radical (unpaired) electrons. The van der Waals surface area contributed by atoms with Gasteiger partial charge in [0.15, 0.2) is 0 Å². The molecule has 0 saturated heterocycles. The summed E-state index contributed by atoms with van der Waals surface area (Å²) in [6, 6.07) is 1.80. The number of hydrogen-bond acceptors (Lipinski definition) is 3. The number of hydrogen-bond donors (Lipinski definition) is 1. The van der Waals surface area contributed by atoms with Crippen LogP contribution in [0.2, 0.25) is 5.02 Å². The summed E-state index contributed by atoms with van der Waals surface area (Å²) in [5.74, 6) is 1.05. The molecule has 0 amide bonds. The van der Waals surface area contributed by atoms with Crippen LogP contribution < -0.4 is 10.5 Å². The molecule has 17 heavy (non-hydrogen) atoms. The predicted molar refractivity (Wildman–Crippen MR) is 72.4 cm³/mol. The SMILES string of the molecule is NCC1CCCCC1Oc1ncc(Cl)cc1Br. The third-order valence-electron chi connectivity index (χ3n) is 3.18. The lowest BCUT2D eigenvalue weighted by atomic mass is 9.86. The van der Waals surface area contributed by atoms with Crippen molar-refractivity contribution in [1.82, 2.24) is 4.98 Å². The molecule has 1 aliphatic rings. The van der Waals surface area contributed by atoms with Crippen molar-refractivity contribution < 1.29 is 4.74 Å². The highest BCUT2D eigenvalue weighted by atomic mass is 79.9. The Labute approximate surface area is 115 Å². The smallest absolute Gasteiger partial charge is 0.228 e. The minimum Gasteiger partial charge on any atom is -0.473 e. The predicted octanol–water partition coefficient (Wildman–Crippen LogP) is 3.39. The number of nitrogens with zero attached hydrogens (tertiary/aromatic N) is 1. The molecular weight excluding hydrogens is 304 g/mol. The maximum Gasteiger partial charge on any atom is 0.228 e. The molecule has 2 N–H and O–H groups in total. The Morgan fingerprint density at radius 3 is 2.94 bits per heavy atom. The van der Waals surface area contributed by atoms with Crippen LogP contribution in [0.15, 0.2) is 16.7 Å². The molecule has 2 atom stereocenters. The van der Waals surface area contributed by atoms with Gasteiger partial charge in [-0.25, -0.2) is 4.98 Å². The summed E-state index contributed by atoms with van der Waals surface area (Å²) >= 11 is 9.26. The lowest BCUT2D eigenvalue weighted by molar-refractivity contribution is 0.0915. The van der Waals surface area contributed by atoms with Crippen LogP contribution in [0.3, 0.4) is 0 Å². The van der Waals surface area contributed by atoms with Gasteiger partial charge in [0, 0.05) is 12.1 Å². The van der Waals surface area contributed by atoms with Gasteiger partial charge in [-0.2, -0.15) is 0 Å². The molecule has 2 unspecified atom stereocenters. The summed E-state index contributed by atoms with van der Waals surface area (Å²) in [5, 5.41) is 0.600. The van der Waals surface area contributed by atoms with E-state index >= 15 is 0 Å².